The average Bonchev–Trinajstić information content (AvgIpc) is 2.70. The Morgan fingerprint density at radius 2 is 2.22 bits per heavy atom. The van der Waals surface area contributed by atoms with Crippen LogP contribution in [-0.4, -0.2) is 45.7 Å². The molecule has 0 aromatic carbocycles. The lowest BCUT2D eigenvalue weighted by Crippen LogP contribution is -2.31. The average molecular weight is 268 g/mol. The molecule has 0 saturated heterocycles. The van der Waals surface area contributed by atoms with Crippen LogP contribution in [-0.2, 0) is 0 Å². The van der Waals surface area contributed by atoms with Crippen LogP contribution < -0.4 is 5.32 Å². The molecule has 0 fully saturated rings. The molecule has 0 saturated carbocycles. The highest BCUT2D eigenvalue weighted by atomic mass is 35.5. The van der Waals surface area contributed by atoms with Crippen LogP contribution in [0.25, 0.3) is 5.65 Å². The van der Waals surface area contributed by atoms with Crippen molar-refractivity contribution < 1.29 is 0 Å². The topological polar surface area (TPSA) is 45.5 Å². The maximum absolute atomic E-state index is 5.89. The van der Waals surface area contributed by atoms with Crippen molar-refractivity contribution in [2.75, 3.05) is 25.5 Å². The summed E-state index contributed by atoms with van der Waals surface area (Å²) in [5.41, 5.74) is 0.791. The van der Waals surface area contributed by atoms with Crippen LogP contribution in [0.2, 0.25) is 5.02 Å². The number of halogens is 1. The van der Waals surface area contributed by atoms with Gasteiger partial charge in [0.25, 0.3) is 0 Å². The van der Waals surface area contributed by atoms with Gasteiger partial charge in [0.15, 0.2) is 5.65 Å². The zero-order valence-corrected chi connectivity index (χ0v) is 11.6. The Kier molecular flexibility index (Phi) is 4.04. The van der Waals surface area contributed by atoms with Gasteiger partial charge in [-0.25, -0.2) is 4.52 Å². The number of anilines is 1. The second-order valence-corrected chi connectivity index (χ2v) is 5.02. The van der Waals surface area contributed by atoms with E-state index in [1.165, 1.54) is 0 Å². The molecule has 98 valence electrons. The van der Waals surface area contributed by atoms with Gasteiger partial charge in [0, 0.05) is 25.3 Å². The molecule has 1 N–H and O–H groups in total. The molecule has 0 radical (unpaired) electrons. The first-order chi connectivity index (χ1) is 8.56. The number of rotatable bonds is 5. The Bertz CT molecular complexity index is 522. The zero-order chi connectivity index (χ0) is 13.1. The van der Waals surface area contributed by atoms with Crippen LogP contribution in [0.1, 0.15) is 13.8 Å². The van der Waals surface area contributed by atoms with Crippen molar-refractivity contribution in [1.82, 2.24) is 19.5 Å². The van der Waals surface area contributed by atoms with E-state index in [0.717, 1.165) is 18.7 Å². The Hall–Kier alpha value is -1.33. The van der Waals surface area contributed by atoms with Crippen molar-refractivity contribution in [1.29, 1.82) is 0 Å². The maximum atomic E-state index is 5.89. The summed E-state index contributed by atoms with van der Waals surface area (Å²) in [5.74, 6) is 0.634. The third kappa shape index (κ3) is 3.11. The summed E-state index contributed by atoms with van der Waals surface area (Å²) >= 11 is 5.89. The molecule has 2 aromatic heterocycles. The van der Waals surface area contributed by atoms with Crippen LogP contribution >= 0.6 is 11.6 Å². The number of likely N-dealkylation sites (N-methyl/N-ethyl adjacent to an activating group) is 1. The second kappa shape index (κ2) is 5.54. The third-order valence-corrected chi connectivity index (χ3v) is 3.15. The van der Waals surface area contributed by atoms with E-state index in [1.54, 1.807) is 10.7 Å². The summed E-state index contributed by atoms with van der Waals surface area (Å²) in [5, 5.41) is 8.17. The van der Waals surface area contributed by atoms with E-state index in [9.17, 15) is 0 Å². The van der Waals surface area contributed by atoms with Crippen molar-refractivity contribution in [3.63, 3.8) is 0 Å². The Balaban J connectivity index is 1.96. The lowest BCUT2D eigenvalue weighted by atomic mass is 10.3. The maximum Gasteiger partial charge on any atom is 0.243 e. The van der Waals surface area contributed by atoms with Gasteiger partial charge < -0.3 is 10.2 Å². The van der Waals surface area contributed by atoms with Crippen molar-refractivity contribution >= 4 is 23.2 Å². The van der Waals surface area contributed by atoms with E-state index in [0.29, 0.717) is 17.0 Å². The highest BCUT2D eigenvalue weighted by molar-refractivity contribution is 6.30. The van der Waals surface area contributed by atoms with Crippen LogP contribution in [0.5, 0.6) is 0 Å². The summed E-state index contributed by atoms with van der Waals surface area (Å²) in [4.78, 5) is 6.62. The number of hydrogen-bond acceptors (Lipinski definition) is 4. The standard InChI is InChI=1S/C12H18ClN5/c1-9(2)17(3)7-6-14-12-15-11-5-4-10(13)8-18(11)16-12/h4-5,8-9H,6-7H2,1-3H3,(H,14,16). The molecule has 0 bridgehead atoms. The van der Waals surface area contributed by atoms with Gasteiger partial charge in [-0.2, -0.15) is 4.98 Å². The van der Waals surface area contributed by atoms with Gasteiger partial charge >= 0.3 is 0 Å². The lowest BCUT2D eigenvalue weighted by molar-refractivity contribution is 0.284. The highest BCUT2D eigenvalue weighted by Gasteiger charge is 2.05. The minimum absolute atomic E-state index is 0.541. The van der Waals surface area contributed by atoms with E-state index >= 15 is 0 Å². The summed E-state index contributed by atoms with van der Waals surface area (Å²) in [6, 6.07) is 4.20. The molecule has 18 heavy (non-hydrogen) atoms. The van der Waals surface area contributed by atoms with Crippen molar-refractivity contribution in [2.24, 2.45) is 0 Å². The van der Waals surface area contributed by atoms with Gasteiger partial charge in [0.1, 0.15) is 0 Å². The largest absolute Gasteiger partial charge is 0.352 e. The van der Waals surface area contributed by atoms with Gasteiger partial charge in [-0.3, -0.25) is 0 Å². The fourth-order valence-electron chi connectivity index (χ4n) is 1.54. The van der Waals surface area contributed by atoms with Crippen LogP contribution in [0.3, 0.4) is 0 Å². The lowest BCUT2D eigenvalue weighted by Gasteiger charge is -2.20. The number of fused-ring (bicyclic) bond motifs is 1. The molecule has 6 heteroatoms. The van der Waals surface area contributed by atoms with Crippen molar-refractivity contribution in [2.45, 2.75) is 19.9 Å². The third-order valence-electron chi connectivity index (χ3n) is 2.92. The summed E-state index contributed by atoms with van der Waals surface area (Å²) < 4.78 is 1.68. The van der Waals surface area contributed by atoms with E-state index in [4.69, 9.17) is 11.6 Å². The minimum atomic E-state index is 0.541. The Labute approximate surface area is 112 Å². The van der Waals surface area contributed by atoms with E-state index in [1.807, 2.05) is 12.1 Å². The van der Waals surface area contributed by atoms with Crippen molar-refractivity contribution in [3.05, 3.63) is 23.4 Å². The molecule has 2 rings (SSSR count). The molecule has 2 heterocycles. The van der Waals surface area contributed by atoms with Gasteiger partial charge in [0.2, 0.25) is 5.95 Å². The van der Waals surface area contributed by atoms with Crippen LogP contribution in [0, 0.1) is 0 Å². The number of pyridine rings is 1. The Morgan fingerprint density at radius 3 is 2.94 bits per heavy atom. The minimum Gasteiger partial charge on any atom is -0.352 e. The SMILES string of the molecule is CC(C)N(C)CCNc1nc2ccc(Cl)cn2n1. The summed E-state index contributed by atoms with van der Waals surface area (Å²) in [7, 11) is 2.10. The Morgan fingerprint density at radius 1 is 1.44 bits per heavy atom. The van der Waals surface area contributed by atoms with Crippen LogP contribution in [0.4, 0.5) is 5.95 Å². The fraction of sp³-hybridized carbons (Fsp3) is 0.500. The molecule has 0 unspecified atom stereocenters. The van der Waals surface area contributed by atoms with Gasteiger partial charge in [-0.05, 0) is 33.0 Å². The summed E-state index contributed by atoms with van der Waals surface area (Å²) in [6.45, 7) is 6.11. The quantitative estimate of drug-likeness (QED) is 0.902. The van der Waals surface area contributed by atoms with Gasteiger partial charge in [-0.1, -0.05) is 11.6 Å². The molecule has 0 amide bonds. The predicted octanol–water partition coefficient (Wildman–Crippen LogP) is 2.13. The molecule has 2 aromatic rings. The highest BCUT2D eigenvalue weighted by Crippen LogP contribution is 2.11. The number of nitrogens with one attached hydrogen (secondary N) is 1. The van der Waals surface area contributed by atoms with E-state index < -0.39 is 0 Å². The first-order valence-electron chi connectivity index (χ1n) is 6.02. The smallest absolute Gasteiger partial charge is 0.243 e. The predicted molar refractivity (Wildman–Crippen MR) is 74.3 cm³/mol. The molecule has 0 aliphatic rings. The van der Waals surface area contributed by atoms with Crippen LogP contribution in [0.15, 0.2) is 18.3 Å². The number of hydrogen-bond donors (Lipinski definition) is 1. The molecule has 5 nitrogen and oxygen atoms in total. The molecular weight excluding hydrogens is 250 g/mol. The molecule has 0 spiro atoms. The zero-order valence-electron chi connectivity index (χ0n) is 10.9. The second-order valence-electron chi connectivity index (χ2n) is 4.59. The molecule has 0 aliphatic carbocycles. The van der Waals surface area contributed by atoms with E-state index in [-0.39, 0.29) is 0 Å². The normalized spacial score (nSPS) is 11.7. The fourth-order valence-corrected chi connectivity index (χ4v) is 1.69. The van der Waals surface area contributed by atoms with Gasteiger partial charge in [-0.15, -0.1) is 5.10 Å². The molecular formula is C12H18ClN5. The number of nitrogens with zero attached hydrogens (tertiary/aromatic N) is 4. The first kappa shape index (κ1) is 13.1. The monoisotopic (exact) mass is 267 g/mol. The van der Waals surface area contributed by atoms with E-state index in [2.05, 4.69) is 41.2 Å². The first-order valence-corrected chi connectivity index (χ1v) is 6.40. The van der Waals surface area contributed by atoms with Gasteiger partial charge in [0.05, 0.1) is 5.02 Å². The number of aromatic nitrogens is 3. The summed E-state index contributed by atoms with van der Waals surface area (Å²) in [6.07, 6.45) is 1.75. The molecule has 0 atom stereocenters. The van der Waals surface area contributed by atoms with Crippen molar-refractivity contribution in [3.8, 4) is 0 Å². The molecule has 0 aliphatic heterocycles.